The largest absolute Gasteiger partial charge is 0.331 e. The van der Waals surface area contributed by atoms with Crippen LogP contribution in [-0.4, -0.2) is 23.4 Å². The molecule has 0 spiro atoms. The van der Waals surface area contributed by atoms with Gasteiger partial charge in [-0.25, -0.2) is 9.59 Å². The number of fused-ring (bicyclic) bond motifs is 3. The smallest absolute Gasteiger partial charge is 0.319 e. The first kappa shape index (κ1) is 23.4. The Kier molecular flexibility index (Phi) is 7.23. The van der Waals surface area contributed by atoms with Gasteiger partial charge in [0.25, 0.3) is 0 Å². The molecule has 0 N–H and O–H groups in total. The van der Waals surface area contributed by atoms with Crippen molar-refractivity contribution in [2.45, 2.75) is 65.7 Å². The molecule has 0 unspecified atom stereocenters. The van der Waals surface area contributed by atoms with Gasteiger partial charge in [-0.15, -0.1) is 0 Å². The predicted octanol–water partition coefficient (Wildman–Crippen LogP) is 5.76. The standard InChI is InChI=1S/C26H30N2O4/c1-6-26(7-2)23-11-9-8-10-21(23)22-14-13-20(16-24(22)26)25(28-32-19(5)30)15-12-17(3)27-31-18(4)29/h8-11,13-14,16H,6-7,12,15H2,1-5H3/b27-17+,28-25+. The van der Waals surface area contributed by atoms with Crippen molar-refractivity contribution in [3.8, 4) is 11.1 Å². The Balaban J connectivity index is 2.00. The maximum atomic E-state index is 11.4. The second-order valence-electron chi connectivity index (χ2n) is 8.13. The molecule has 1 aliphatic carbocycles. The van der Waals surface area contributed by atoms with Crippen LogP contribution in [0.5, 0.6) is 0 Å². The molecule has 0 heterocycles. The summed E-state index contributed by atoms with van der Waals surface area (Å²) in [6.45, 7) is 8.87. The van der Waals surface area contributed by atoms with Gasteiger partial charge in [-0.1, -0.05) is 60.6 Å². The minimum Gasteiger partial charge on any atom is -0.319 e. The van der Waals surface area contributed by atoms with Gasteiger partial charge in [-0.2, -0.15) is 0 Å². The van der Waals surface area contributed by atoms with Crippen LogP contribution in [-0.2, 0) is 24.7 Å². The average molecular weight is 435 g/mol. The number of hydrogen-bond donors (Lipinski definition) is 0. The van der Waals surface area contributed by atoms with Crippen molar-refractivity contribution in [1.82, 2.24) is 0 Å². The van der Waals surface area contributed by atoms with Crippen LogP contribution in [0.4, 0.5) is 0 Å². The Morgan fingerprint density at radius 3 is 2.09 bits per heavy atom. The van der Waals surface area contributed by atoms with Crippen LogP contribution in [0.15, 0.2) is 52.8 Å². The Bertz CT molecular complexity index is 1080. The van der Waals surface area contributed by atoms with Gasteiger partial charge in [0.2, 0.25) is 0 Å². The van der Waals surface area contributed by atoms with E-state index in [9.17, 15) is 9.59 Å². The molecule has 0 aromatic heterocycles. The fourth-order valence-corrected chi connectivity index (χ4v) is 4.50. The molecule has 0 fully saturated rings. The van der Waals surface area contributed by atoms with Crippen LogP contribution in [0, 0.1) is 0 Å². The van der Waals surface area contributed by atoms with Gasteiger partial charge in [0.15, 0.2) is 0 Å². The van der Waals surface area contributed by atoms with Gasteiger partial charge in [0.1, 0.15) is 0 Å². The van der Waals surface area contributed by atoms with Crippen molar-refractivity contribution in [2.24, 2.45) is 10.3 Å². The molecule has 0 aliphatic heterocycles. The van der Waals surface area contributed by atoms with E-state index in [0.29, 0.717) is 24.3 Å². The van der Waals surface area contributed by atoms with E-state index < -0.39 is 11.9 Å². The predicted molar refractivity (Wildman–Crippen MR) is 126 cm³/mol. The second-order valence-corrected chi connectivity index (χ2v) is 8.13. The number of benzene rings is 2. The minimum atomic E-state index is -0.474. The fourth-order valence-electron chi connectivity index (χ4n) is 4.50. The van der Waals surface area contributed by atoms with Crippen LogP contribution >= 0.6 is 0 Å². The van der Waals surface area contributed by atoms with Crippen molar-refractivity contribution in [2.75, 3.05) is 0 Å². The normalized spacial score (nSPS) is 14.5. The Morgan fingerprint density at radius 1 is 0.812 bits per heavy atom. The van der Waals surface area contributed by atoms with Crippen LogP contribution in [0.3, 0.4) is 0 Å². The number of carbonyl (C=O) groups is 2. The highest BCUT2D eigenvalue weighted by Crippen LogP contribution is 2.52. The van der Waals surface area contributed by atoms with Crippen molar-refractivity contribution < 1.29 is 19.3 Å². The van der Waals surface area contributed by atoms with Gasteiger partial charge in [0, 0.05) is 19.3 Å². The maximum absolute atomic E-state index is 11.4. The minimum absolute atomic E-state index is 0.0544. The number of carbonyl (C=O) groups excluding carboxylic acids is 2. The first-order valence-electron chi connectivity index (χ1n) is 11.0. The third-order valence-corrected chi connectivity index (χ3v) is 6.15. The highest BCUT2D eigenvalue weighted by Gasteiger charge is 2.40. The van der Waals surface area contributed by atoms with E-state index >= 15 is 0 Å². The lowest BCUT2D eigenvalue weighted by atomic mass is 9.73. The third kappa shape index (κ3) is 4.64. The first-order chi connectivity index (χ1) is 15.3. The van der Waals surface area contributed by atoms with Crippen molar-refractivity contribution >= 4 is 23.4 Å². The topological polar surface area (TPSA) is 77.3 Å². The summed E-state index contributed by atoms with van der Waals surface area (Å²) in [6.07, 6.45) is 2.97. The Hall–Kier alpha value is -3.28. The van der Waals surface area contributed by atoms with Crippen molar-refractivity contribution in [3.05, 3.63) is 59.2 Å². The monoisotopic (exact) mass is 434 g/mol. The van der Waals surface area contributed by atoms with Crippen LogP contribution in [0.1, 0.15) is 77.0 Å². The highest BCUT2D eigenvalue weighted by molar-refractivity contribution is 6.03. The maximum Gasteiger partial charge on any atom is 0.331 e. The highest BCUT2D eigenvalue weighted by atomic mass is 16.7. The lowest BCUT2D eigenvalue weighted by Gasteiger charge is -2.30. The van der Waals surface area contributed by atoms with E-state index in [2.05, 4.69) is 60.6 Å². The van der Waals surface area contributed by atoms with E-state index in [1.165, 1.54) is 36.1 Å². The first-order valence-corrected chi connectivity index (χ1v) is 11.0. The van der Waals surface area contributed by atoms with Gasteiger partial charge in [0.05, 0.1) is 11.4 Å². The van der Waals surface area contributed by atoms with Gasteiger partial charge >= 0.3 is 11.9 Å². The van der Waals surface area contributed by atoms with E-state index in [0.717, 1.165) is 18.4 Å². The van der Waals surface area contributed by atoms with Crippen LogP contribution in [0.25, 0.3) is 11.1 Å². The van der Waals surface area contributed by atoms with Crippen molar-refractivity contribution in [1.29, 1.82) is 0 Å². The molecular formula is C26H30N2O4. The second kappa shape index (κ2) is 9.90. The van der Waals surface area contributed by atoms with E-state index in [1.807, 2.05) is 6.07 Å². The SMILES string of the molecule is CCC1(CC)c2ccccc2-c2ccc(/C(CC/C(C)=N/OC(C)=O)=N/OC(C)=O)cc21. The molecule has 2 aromatic carbocycles. The summed E-state index contributed by atoms with van der Waals surface area (Å²) in [5.41, 5.74) is 7.32. The molecule has 0 bridgehead atoms. The summed E-state index contributed by atoms with van der Waals surface area (Å²) >= 11 is 0. The Labute approximate surface area is 189 Å². The van der Waals surface area contributed by atoms with E-state index in [-0.39, 0.29) is 5.41 Å². The van der Waals surface area contributed by atoms with E-state index in [1.54, 1.807) is 6.92 Å². The molecule has 6 heteroatoms. The average Bonchev–Trinajstić information content (AvgIpc) is 3.07. The quantitative estimate of drug-likeness (QED) is 0.301. The number of nitrogens with zero attached hydrogens (tertiary/aromatic N) is 2. The van der Waals surface area contributed by atoms with Crippen LogP contribution < -0.4 is 0 Å². The molecule has 0 saturated heterocycles. The summed E-state index contributed by atoms with van der Waals surface area (Å²) < 4.78 is 0. The molecule has 2 aromatic rings. The summed E-state index contributed by atoms with van der Waals surface area (Å²) in [5.74, 6) is -0.940. The molecular weight excluding hydrogens is 404 g/mol. The summed E-state index contributed by atoms with van der Waals surface area (Å²) in [7, 11) is 0. The molecule has 1 aliphatic rings. The molecule has 32 heavy (non-hydrogen) atoms. The van der Waals surface area contributed by atoms with Crippen LogP contribution in [0.2, 0.25) is 0 Å². The zero-order valence-corrected chi connectivity index (χ0v) is 19.4. The van der Waals surface area contributed by atoms with E-state index in [4.69, 9.17) is 9.68 Å². The summed E-state index contributed by atoms with van der Waals surface area (Å²) in [4.78, 5) is 32.1. The lowest BCUT2D eigenvalue weighted by molar-refractivity contribution is -0.141. The molecule has 6 nitrogen and oxygen atoms in total. The zero-order valence-electron chi connectivity index (χ0n) is 19.4. The number of rotatable bonds is 8. The third-order valence-electron chi connectivity index (χ3n) is 6.15. The zero-order chi connectivity index (χ0) is 23.3. The van der Waals surface area contributed by atoms with Gasteiger partial charge < -0.3 is 9.68 Å². The number of hydrogen-bond acceptors (Lipinski definition) is 6. The summed E-state index contributed by atoms with van der Waals surface area (Å²) in [5, 5.41) is 7.96. The number of oxime groups is 2. The molecule has 168 valence electrons. The molecule has 0 atom stereocenters. The van der Waals surface area contributed by atoms with Crippen molar-refractivity contribution in [3.63, 3.8) is 0 Å². The fraction of sp³-hybridized carbons (Fsp3) is 0.385. The molecule has 3 rings (SSSR count). The molecule has 0 saturated carbocycles. The summed E-state index contributed by atoms with van der Waals surface area (Å²) in [6, 6.07) is 14.9. The van der Waals surface area contributed by atoms with Gasteiger partial charge in [-0.3, -0.25) is 0 Å². The van der Waals surface area contributed by atoms with Gasteiger partial charge in [-0.05, 0) is 66.5 Å². The molecule has 0 radical (unpaired) electrons. The lowest BCUT2D eigenvalue weighted by Crippen LogP contribution is -2.23. The Morgan fingerprint density at radius 2 is 1.44 bits per heavy atom. The molecule has 0 amide bonds.